The Labute approximate surface area is 70.7 Å². The molecular formula is C8H11NOS. The molecule has 0 unspecified atom stereocenters. The molecule has 3 heteroatoms. The number of aliphatic hydroxyl groups is 1. The molecule has 0 aliphatic heterocycles. The summed E-state index contributed by atoms with van der Waals surface area (Å²) in [5, 5.41) is 10.2. The van der Waals surface area contributed by atoms with E-state index in [-0.39, 0.29) is 0 Å². The van der Waals surface area contributed by atoms with E-state index in [4.69, 9.17) is 0 Å². The summed E-state index contributed by atoms with van der Waals surface area (Å²) >= 11 is 1.58. The maximum atomic E-state index is 9.21. The molecule has 1 atom stereocenters. The maximum Gasteiger partial charge on any atom is 0.0960 e. The van der Waals surface area contributed by atoms with E-state index in [1.54, 1.807) is 24.9 Å². The van der Waals surface area contributed by atoms with Gasteiger partial charge in [-0.05, 0) is 30.9 Å². The molecule has 0 aromatic carbocycles. The average Bonchev–Trinajstić information content (AvgIpc) is 2.05. The monoisotopic (exact) mass is 169 g/mol. The van der Waals surface area contributed by atoms with E-state index in [1.807, 2.05) is 18.4 Å². The summed E-state index contributed by atoms with van der Waals surface area (Å²) in [4.78, 5) is 4.09. The van der Waals surface area contributed by atoms with E-state index < -0.39 is 6.10 Å². The number of hydrogen-bond acceptors (Lipinski definition) is 3. The number of thioether (sulfide) groups is 1. The predicted molar refractivity (Wildman–Crippen MR) is 46.7 cm³/mol. The van der Waals surface area contributed by atoms with Crippen LogP contribution in [0.15, 0.2) is 23.4 Å². The quantitative estimate of drug-likeness (QED) is 0.686. The van der Waals surface area contributed by atoms with Gasteiger partial charge in [-0.25, -0.2) is 4.98 Å². The molecule has 0 amide bonds. The van der Waals surface area contributed by atoms with E-state index in [2.05, 4.69) is 4.98 Å². The summed E-state index contributed by atoms with van der Waals surface area (Å²) in [5.41, 5.74) is 0.921. The van der Waals surface area contributed by atoms with Crippen molar-refractivity contribution in [2.75, 3.05) is 6.26 Å². The van der Waals surface area contributed by atoms with E-state index in [0.717, 1.165) is 10.6 Å². The van der Waals surface area contributed by atoms with Crippen LogP contribution in [0.1, 0.15) is 18.6 Å². The van der Waals surface area contributed by atoms with Crippen molar-refractivity contribution < 1.29 is 5.11 Å². The number of aromatic nitrogens is 1. The van der Waals surface area contributed by atoms with Crippen molar-refractivity contribution in [3.63, 3.8) is 0 Å². The second-order valence-corrected chi connectivity index (χ2v) is 3.13. The smallest absolute Gasteiger partial charge is 0.0960 e. The normalized spacial score (nSPS) is 13.0. The first-order chi connectivity index (χ1) is 5.24. The van der Waals surface area contributed by atoms with Gasteiger partial charge in [0.15, 0.2) is 0 Å². The molecular weight excluding hydrogens is 158 g/mol. The number of nitrogens with zero attached hydrogens (tertiary/aromatic N) is 1. The van der Waals surface area contributed by atoms with Crippen molar-refractivity contribution in [3.05, 3.63) is 23.9 Å². The molecule has 1 rings (SSSR count). The molecule has 0 bridgehead atoms. The summed E-state index contributed by atoms with van der Waals surface area (Å²) < 4.78 is 0. The minimum absolute atomic E-state index is 0.399. The fraction of sp³-hybridized carbons (Fsp3) is 0.375. The lowest BCUT2D eigenvalue weighted by Gasteiger charge is -2.04. The van der Waals surface area contributed by atoms with Gasteiger partial charge in [-0.15, -0.1) is 11.8 Å². The Morgan fingerprint density at radius 2 is 2.36 bits per heavy atom. The van der Waals surface area contributed by atoms with Crippen LogP contribution in [0.2, 0.25) is 0 Å². The van der Waals surface area contributed by atoms with Gasteiger partial charge in [0.2, 0.25) is 0 Å². The minimum Gasteiger partial charge on any atom is -0.389 e. The number of hydrogen-bond donors (Lipinski definition) is 1. The second kappa shape index (κ2) is 3.74. The zero-order chi connectivity index (χ0) is 8.27. The lowest BCUT2D eigenvalue weighted by atomic mass is 10.2. The molecule has 0 spiro atoms. The highest BCUT2D eigenvalue weighted by atomic mass is 32.2. The molecule has 2 nitrogen and oxygen atoms in total. The van der Waals surface area contributed by atoms with Gasteiger partial charge in [-0.1, -0.05) is 0 Å². The summed E-state index contributed by atoms with van der Waals surface area (Å²) in [7, 11) is 0. The number of aliphatic hydroxyl groups excluding tert-OH is 1. The fourth-order valence-electron chi connectivity index (χ4n) is 0.796. The third-order valence-electron chi connectivity index (χ3n) is 1.45. The molecule has 0 aliphatic carbocycles. The minimum atomic E-state index is -0.399. The molecule has 0 saturated carbocycles. The maximum absolute atomic E-state index is 9.21. The van der Waals surface area contributed by atoms with Crippen LogP contribution in [-0.4, -0.2) is 16.3 Å². The Kier molecular flexibility index (Phi) is 2.91. The lowest BCUT2D eigenvalue weighted by Crippen LogP contribution is -1.91. The molecule has 11 heavy (non-hydrogen) atoms. The highest BCUT2D eigenvalue weighted by Gasteiger charge is 2.00. The first-order valence-electron chi connectivity index (χ1n) is 3.42. The highest BCUT2D eigenvalue weighted by molar-refractivity contribution is 7.98. The van der Waals surface area contributed by atoms with Crippen LogP contribution >= 0.6 is 11.8 Å². The molecule has 60 valence electrons. The molecule has 0 radical (unpaired) electrons. The molecule has 1 heterocycles. The zero-order valence-electron chi connectivity index (χ0n) is 6.61. The summed E-state index contributed by atoms with van der Waals surface area (Å²) in [5.74, 6) is 0. The van der Waals surface area contributed by atoms with Crippen LogP contribution in [0.5, 0.6) is 0 Å². The van der Waals surface area contributed by atoms with Crippen molar-refractivity contribution in [2.45, 2.75) is 18.1 Å². The summed E-state index contributed by atoms with van der Waals surface area (Å²) in [6.45, 7) is 1.75. The van der Waals surface area contributed by atoms with Gasteiger partial charge in [0.25, 0.3) is 0 Å². The Bertz CT molecular complexity index is 237. The largest absolute Gasteiger partial charge is 0.389 e. The summed E-state index contributed by atoms with van der Waals surface area (Å²) in [6.07, 6.45) is 3.28. The van der Waals surface area contributed by atoms with Gasteiger partial charge in [0.05, 0.1) is 11.1 Å². The van der Waals surface area contributed by atoms with Crippen molar-refractivity contribution in [1.82, 2.24) is 4.98 Å². The molecule has 1 aromatic heterocycles. The summed E-state index contributed by atoms with van der Waals surface area (Å²) in [6, 6.07) is 3.72. The van der Waals surface area contributed by atoms with Crippen molar-refractivity contribution >= 4 is 11.8 Å². The second-order valence-electron chi connectivity index (χ2n) is 2.31. The third-order valence-corrected chi connectivity index (χ3v) is 2.09. The first kappa shape index (κ1) is 8.56. The SMILES string of the molecule is CSc1cc([C@@H](C)O)ccn1. The Balaban J connectivity index is 2.91. The Morgan fingerprint density at radius 3 is 2.91 bits per heavy atom. The number of rotatable bonds is 2. The van der Waals surface area contributed by atoms with Gasteiger partial charge < -0.3 is 5.11 Å². The zero-order valence-corrected chi connectivity index (χ0v) is 7.43. The van der Waals surface area contributed by atoms with Crippen LogP contribution in [-0.2, 0) is 0 Å². The van der Waals surface area contributed by atoms with Gasteiger partial charge in [-0.3, -0.25) is 0 Å². The Hall–Kier alpha value is -0.540. The number of pyridine rings is 1. The average molecular weight is 169 g/mol. The first-order valence-corrected chi connectivity index (χ1v) is 4.64. The molecule has 1 N–H and O–H groups in total. The van der Waals surface area contributed by atoms with Crippen LogP contribution in [0.3, 0.4) is 0 Å². The third kappa shape index (κ3) is 2.20. The topological polar surface area (TPSA) is 33.1 Å². The predicted octanol–water partition coefficient (Wildman–Crippen LogP) is 1.86. The molecule has 0 saturated heterocycles. The highest BCUT2D eigenvalue weighted by Crippen LogP contribution is 2.17. The van der Waals surface area contributed by atoms with Gasteiger partial charge >= 0.3 is 0 Å². The fourth-order valence-corrected chi connectivity index (χ4v) is 1.22. The van der Waals surface area contributed by atoms with Gasteiger partial charge in [0, 0.05) is 6.20 Å². The van der Waals surface area contributed by atoms with Crippen LogP contribution in [0, 0.1) is 0 Å². The van der Waals surface area contributed by atoms with Crippen LogP contribution < -0.4 is 0 Å². The Morgan fingerprint density at radius 1 is 1.64 bits per heavy atom. The van der Waals surface area contributed by atoms with Crippen LogP contribution in [0.25, 0.3) is 0 Å². The van der Waals surface area contributed by atoms with Crippen molar-refractivity contribution in [1.29, 1.82) is 0 Å². The molecule has 0 aliphatic rings. The van der Waals surface area contributed by atoms with Gasteiger partial charge in [-0.2, -0.15) is 0 Å². The van der Waals surface area contributed by atoms with E-state index in [1.165, 1.54) is 0 Å². The lowest BCUT2D eigenvalue weighted by molar-refractivity contribution is 0.199. The van der Waals surface area contributed by atoms with Crippen molar-refractivity contribution in [2.24, 2.45) is 0 Å². The molecule has 0 fully saturated rings. The van der Waals surface area contributed by atoms with E-state index in [0.29, 0.717) is 0 Å². The van der Waals surface area contributed by atoms with Crippen LogP contribution in [0.4, 0.5) is 0 Å². The van der Waals surface area contributed by atoms with E-state index in [9.17, 15) is 5.11 Å². The standard InChI is InChI=1S/C8H11NOS/c1-6(10)7-3-4-9-8(5-7)11-2/h3-6,10H,1-2H3/t6-/m1/s1. The van der Waals surface area contributed by atoms with E-state index >= 15 is 0 Å². The van der Waals surface area contributed by atoms with Crippen molar-refractivity contribution in [3.8, 4) is 0 Å². The molecule has 1 aromatic rings. The van der Waals surface area contributed by atoms with Gasteiger partial charge in [0.1, 0.15) is 0 Å².